The van der Waals surface area contributed by atoms with Crippen LogP contribution >= 0.6 is 35.1 Å². The number of carboxylic acid groups (broad SMARTS) is 1. The topological polar surface area (TPSA) is 228 Å². The van der Waals surface area contributed by atoms with E-state index in [0.717, 1.165) is 53.9 Å². The summed E-state index contributed by atoms with van der Waals surface area (Å²) in [5, 5.41) is 18.5. The van der Waals surface area contributed by atoms with Crippen LogP contribution in [0, 0.1) is 0 Å². The molecule has 1 saturated carbocycles. The molecule has 2 aromatic heterocycles. The maximum atomic E-state index is 13.2. The first-order valence-corrected chi connectivity index (χ1v) is 14.8. The first-order valence-electron chi connectivity index (χ1n) is 12.0. The van der Waals surface area contributed by atoms with Gasteiger partial charge in [0.05, 0.1) is 0 Å². The van der Waals surface area contributed by atoms with Crippen LogP contribution in [-0.4, -0.2) is 86.6 Å². The molecule has 16 nitrogen and oxygen atoms in total. The lowest BCUT2D eigenvalue weighted by molar-refractivity contribution is -0.150. The van der Waals surface area contributed by atoms with Crippen molar-refractivity contribution in [3.8, 4) is 0 Å². The van der Waals surface area contributed by atoms with E-state index in [4.69, 9.17) is 10.6 Å². The SMILES string of the molecule is Cn1[nH]c(=O)c(=O)nc1SCC1=C(C(=O)O)N2C(=O)C(NC(=O)/C(=N\OC3CCCC3)c3nsc(N)n3)[C@H]2SC1. The number of hydrogen-bond acceptors (Lipinski definition) is 14. The summed E-state index contributed by atoms with van der Waals surface area (Å²) in [5.41, 5.74) is 3.84. The Balaban J connectivity index is 1.31. The summed E-state index contributed by atoms with van der Waals surface area (Å²) in [5.74, 6) is -2.36. The van der Waals surface area contributed by atoms with Crippen molar-refractivity contribution in [1.82, 2.24) is 34.3 Å². The minimum absolute atomic E-state index is 0.0337. The molecular formula is C21H23N9O7S3. The highest BCUT2D eigenvalue weighted by Crippen LogP contribution is 2.41. The number of aliphatic carboxylic acids is 1. The third-order valence-corrected chi connectivity index (χ3v) is 9.32. The van der Waals surface area contributed by atoms with Gasteiger partial charge in [0.1, 0.15) is 23.2 Å². The Morgan fingerprint density at radius 2 is 2.02 bits per heavy atom. The number of carboxylic acids is 1. The van der Waals surface area contributed by atoms with Crippen LogP contribution in [0.15, 0.2) is 31.2 Å². The number of nitrogens with zero attached hydrogens (tertiary/aromatic N) is 6. The van der Waals surface area contributed by atoms with Gasteiger partial charge < -0.3 is 21.0 Å². The number of nitrogen functional groups attached to an aromatic ring is 1. The van der Waals surface area contributed by atoms with Crippen molar-refractivity contribution in [2.45, 2.75) is 48.4 Å². The number of H-pyrrole nitrogens is 1. The van der Waals surface area contributed by atoms with E-state index >= 15 is 0 Å². The smallest absolute Gasteiger partial charge is 0.352 e. The maximum absolute atomic E-state index is 13.2. The molecular weight excluding hydrogens is 586 g/mol. The fraction of sp³-hybridized carbons (Fsp3) is 0.476. The number of amides is 2. The number of aromatic amines is 1. The molecule has 2 aliphatic heterocycles. The zero-order valence-corrected chi connectivity index (χ0v) is 23.3. The number of hydrogen-bond donors (Lipinski definition) is 4. The fourth-order valence-corrected chi connectivity index (χ4v) is 7.22. The second-order valence-corrected chi connectivity index (χ2v) is 11.8. The van der Waals surface area contributed by atoms with E-state index in [1.807, 2.05) is 0 Å². The number of carbonyl (C=O) groups is 3. The Morgan fingerprint density at radius 1 is 1.27 bits per heavy atom. The molecule has 2 atom stereocenters. The maximum Gasteiger partial charge on any atom is 0.352 e. The fourth-order valence-electron chi connectivity index (χ4n) is 4.38. The highest BCUT2D eigenvalue weighted by atomic mass is 32.2. The van der Waals surface area contributed by atoms with Crippen molar-refractivity contribution in [2.24, 2.45) is 12.2 Å². The highest BCUT2D eigenvalue weighted by Gasteiger charge is 2.54. The summed E-state index contributed by atoms with van der Waals surface area (Å²) < 4.78 is 5.30. The summed E-state index contributed by atoms with van der Waals surface area (Å²) >= 11 is 3.20. The highest BCUT2D eigenvalue weighted by molar-refractivity contribution is 8.01. The van der Waals surface area contributed by atoms with Gasteiger partial charge in [0.2, 0.25) is 11.5 Å². The quantitative estimate of drug-likeness (QED) is 0.0889. The van der Waals surface area contributed by atoms with Gasteiger partial charge in [0, 0.05) is 30.1 Å². The van der Waals surface area contributed by atoms with Crippen molar-refractivity contribution in [1.29, 1.82) is 0 Å². The standard InChI is InChI=1S/C21H23N9O7S3/c1-29-21(25-15(32)16(33)26-29)39-7-8-6-38-18-11(17(34)30(18)12(8)19(35)36)23-14(31)10(13-24-20(22)40-28-13)27-37-9-4-2-3-5-9/h9,11,18H,2-7H2,1H3,(H,23,31)(H,26,33)(H,35,36)(H2,22,24,28)/b27-10-/t11?,18-/m1/s1. The van der Waals surface area contributed by atoms with E-state index in [9.17, 15) is 29.1 Å². The number of thioether (sulfide) groups is 2. The van der Waals surface area contributed by atoms with Gasteiger partial charge in [-0.15, -0.1) is 11.8 Å². The number of aryl methyl sites for hydroxylation is 1. The molecule has 2 aromatic rings. The van der Waals surface area contributed by atoms with E-state index in [0.29, 0.717) is 5.57 Å². The Kier molecular flexibility index (Phi) is 7.95. The predicted molar refractivity (Wildman–Crippen MR) is 145 cm³/mol. The predicted octanol–water partition coefficient (Wildman–Crippen LogP) is -0.903. The first kappa shape index (κ1) is 27.8. The number of β-lactam (4-membered cyclic amide) rings is 1. The van der Waals surface area contributed by atoms with Gasteiger partial charge in [-0.1, -0.05) is 16.9 Å². The normalized spacial score (nSPS) is 21.3. The Hall–Kier alpha value is -3.71. The van der Waals surface area contributed by atoms with Crippen LogP contribution in [0.2, 0.25) is 0 Å². The van der Waals surface area contributed by atoms with Crippen LogP contribution in [0.5, 0.6) is 0 Å². The van der Waals surface area contributed by atoms with Crippen molar-refractivity contribution >= 4 is 63.7 Å². The van der Waals surface area contributed by atoms with E-state index < -0.39 is 40.3 Å². The molecule has 19 heteroatoms. The van der Waals surface area contributed by atoms with Crippen molar-refractivity contribution in [3.63, 3.8) is 0 Å². The molecule has 4 heterocycles. The van der Waals surface area contributed by atoms with Crippen LogP contribution in [0.4, 0.5) is 5.13 Å². The van der Waals surface area contributed by atoms with Crippen LogP contribution in [0.3, 0.4) is 0 Å². The number of fused-ring (bicyclic) bond motifs is 1. The molecule has 1 unspecified atom stereocenters. The summed E-state index contributed by atoms with van der Waals surface area (Å²) in [4.78, 5) is 75.9. The number of nitrogens with two attached hydrogens (primary N) is 1. The van der Waals surface area contributed by atoms with E-state index in [1.165, 1.54) is 23.5 Å². The first-order chi connectivity index (χ1) is 19.1. The molecule has 5 rings (SSSR count). The number of aromatic nitrogens is 5. The largest absolute Gasteiger partial charge is 0.477 e. The Labute approximate surface area is 237 Å². The number of oxime groups is 1. The second kappa shape index (κ2) is 11.4. The Bertz CT molecular complexity index is 1540. The minimum Gasteiger partial charge on any atom is -0.477 e. The molecule has 40 heavy (non-hydrogen) atoms. The molecule has 0 radical (unpaired) electrons. The van der Waals surface area contributed by atoms with Crippen molar-refractivity contribution < 1.29 is 24.3 Å². The number of nitrogens with one attached hydrogen (secondary N) is 2. The molecule has 0 aromatic carbocycles. The second-order valence-electron chi connectivity index (χ2n) is 9.01. The minimum atomic E-state index is -1.31. The van der Waals surface area contributed by atoms with Crippen LogP contribution in [0.1, 0.15) is 31.5 Å². The number of anilines is 1. The van der Waals surface area contributed by atoms with E-state index in [2.05, 4.69) is 29.9 Å². The zero-order valence-electron chi connectivity index (χ0n) is 20.9. The molecule has 0 bridgehead atoms. The summed E-state index contributed by atoms with van der Waals surface area (Å²) in [6, 6.07) is -1.02. The molecule has 0 spiro atoms. The lowest BCUT2D eigenvalue weighted by atomic mass is 10.0. The Morgan fingerprint density at radius 3 is 2.70 bits per heavy atom. The van der Waals surface area contributed by atoms with E-state index in [-0.39, 0.29) is 45.1 Å². The van der Waals surface area contributed by atoms with Gasteiger partial charge in [-0.05, 0) is 31.3 Å². The molecule has 2 fully saturated rings. The molecule has 1 saturated heterocycles. The summed E-state index contributed by atoms with van der Waals surface area (Å²) in [6.07, 6.45) is 3.46. The van der Waals surface area contributed by atoms with Crippen molar-refractivity contribution in [3.05, 3.63) is 37.8 Å². The van der Waals surface area contributed by atoms with Crippen LogP contribution < -0.4 is 22.2 Å². The molecule has 212 valence electrons. The van der Waals surface area contributed by atoms with Gasteiger partial charge >= 0.3 is 17.1 Å². The van der Waals surface area contributed by atoms with Crippen molar-refractivity contribution in [2.75, 3.05) is 17.2 Å². The lowest BCUT2D eigenvalue weighted by Crippen LogP contribution is -2.71. The third-order valence-electron chi connectivity index (χ3n) is 6.32. The number of carbonyl (C=O) groups excluding carboxylic acids is 2. The molecule has 5 N–H and O–H groups in total. The van der Waals surface area contributed by atoms with Gasteiger partial charge in [-0.3, -0.25) is 33.9 Å². The van der Waals surface area contributed by atoms with Crippen LogP contribution in [-0.2, 0) is 26.3 Å². The summed E-state index contributed by atoms with van der Waals surface area (Å²) in [6.45, 7) is 0. The number of rotatable bonds is 9. The third kappa shape index (κ3) is 5.48. The average molecular weight is 610 g/mol. The van der Waals surface area contributed by atoms with E-state index in [1.54, 1.807) is 0 Å². The monoisotopic (exact) mass is 609 g/mol. The van der Waals surface area contributed by atoms with Gasteiger partial charge in [-0.25, -0.2) is 4.79 Å². The van der Waals surface area contributed by atoms with Gasteiger partial charge in [-0.2, -0.15) is 14.3 Å². The molecule has 1 aliphatic carbocycles. The van der Waals surface area contributed by atoms with Gasteiger partial charge in [0.25, 0.3) is 11.8 Å². The lowest BCUT2D eigenvalue weighted by Gasteiger charge is -2.49. The van der Waals surface area contributed by atoms with Crippen LogP contribution in [0.25, 0.3) is 0 Å². The van der Waals surface area contributed by atoms with Gasteiger partial charge in [0.15, 0.2) is 10.3 Å². The molecule has 2 amide bonds. The molecule has 3 aliphatic rings. The summed E-state index contributed by atoms with van der Waals surface area (Å²) in [7, 11) is 1.49. The average Bonchev–Trinajstić information content (AvgIpc) is 3.60. The zero-order chi connectivity index (χ0) is 28.6.